The van der Waals surface area contributed by atoms with Gasteiger partial charge in [-0.05, 0) is 43.9 Å². The molecule has 0 radical (unpaired) electrons. The zero-order chi connectivity index (χ0) is 20.5. The number of hydrogen-bond donors (Lipinski definition) is 1. The van der Waals surface area contributed by atoms with Gasteiger partial charge in [0.1, 0.15) is 5.65 Å². The Bertz CT molecular complexity index is 1160. The molecule has 4 aromatic rings. The summed E-state index contributed by atoms with van der Waals surface area (Å²) in [6.45, 7) is 6.52. The average Bonchev–Trinajstić information content (AvgIpc) is 3.43. The summed E-state index contributed by atoms with van der Waals surface area (Å²) in [5.74, 6) is 2.09. The van der Waals surface area contributed by atoms with Gasteiger partial charge in [0.15, 0.2) is 11.6 Å². The third kappa shape index (κ3) is 3.22. The second kappa shape index (κ2) is 7.85. The Kier molecular flexibility index (Phi) is 4.90. The van der Waals surface area contributed by atoms with Crippen LogP contribution in [0.3, 0.4) is 0 Å². The molecule has 0 aliphatic carbocycles. The molecule has 0 saturated carbocycles. The minimum Gasteiger partial charge on any atom is -0.355 e. The van der Waals surface area contributed by atoms with E-state index in [2.05, 4.69) is 48.8 Å². The molecule has 1 fully saturated rings. The van der Waals surface area contributed by atoms with Gasteiger partial charge in [-0.2, -0.15) is 4.98 Å². The van der Waals surface area contributed by atoms with Crippen molar-refractivity contribution in [3.05, 3.63) is 36.8 Å². The van der Waals surface area contributed by atoms with Crippen LogP contribution in [-0.4, -0.2) is 42.8 Å². The van der Waals surface area contributed by atoms with Crippen LogP contribution >= 0.6 is 0 Å². The van der Waals surface area contributed by atoms with Crippen molar-refractivity contribution >= 4 is 39.5 Å². The maximum atomic E-state index is 4.86. The number of rotatable bonds is 6. The highest BCUT2D eigenvalue weighted by atomic mass is 15.3. The van der Waals surface area contributed by atoms with Crippen molar-refractivity contribution in [1.82, 2.24) is 29.7 Å². The molecule has 5 rings (SSSR count). The third-order valence-corrected chi connectivity index (χ3v) is 5.97. The molecule has 5 heterocycles. The molecule has 0 amide bonds. The Morgan fingerprint density at radius 1 is 1.00 bits per heavy atom. The van der Waals surface area contributed by atoms with Crippen LogP contribution in [0.15, 0.2) is 36.8 Å². The molecule has 0 aromatic carbocycles. The second-order valence-electron chi connectivity index (χ2n) is 7.76. The molecule has 30 heavy (non-hydrogen) atoms. The van der Waals surface area contributed by atoms with E-state index in [1.165, 1.54) is 12.8 Å². The van der Waals surface area contributed by atoms with Gasteiger partial charge in [-0.1, -0.05) is 13.8 Å². The monoisotopic (exact) mass is 402 g/mol. The molecular formula is C22H26N8. The van der Waals surface area contributed by atoms with E-state index in [0.717, 1.165) is 53.7 Å². The molecule has 1 aliphatic heterocycles. The van der Waals surface area contributed by atoms with E-state index in [0.29, 0.717) is 17.8 Å². The van der Waals surface area contributed by atoms with Crippen LogP contribution in [0.25, 0.3) is 21.9 Å². The number of fused-ring (bicyclic) bond motifs is 3. The van der Waals surface area contributed by atoms with Crippen LogP contribution in [0.5, 0.6) is 0 Å². The number of nitrogens with zero attached hydrogens (tertiary/aromatic N) is 7. The molecular weight excluding hydrogens is 376 g/mol. The van der Waals surface area contributed by atoms with Gasteiger partial charge < -0.3 is 14.8 Å². The van der Waals surface area contributed by atoms with Gasteiger partial charge in [-0.3, -0.25) is 4.98 Å². The van der Waals surface area contributed by atoms with Crippen LogP contribution in [0.2, 0.25) is 0 Å². The van der Waals surface area contributed by atoms with Gasteiger partial charge in [0, 0.05) is 42.3 Å². The maximum Gasteiger partial charge on any atom is 0.230 e. The highest BCUT2D eigenvalue weighted by Gasteiger charge is 2.19. The standard InChI is InChI=1S/C22H26N8/c1-3-15(4-2)30-18-14-23-10-9-16(18)17-13-24-22(26-21(17)30)25-19-7-8-20(28-27-19)29-11-5-6-12-29/h7-10,13-15H,3-6,11-12H2,1-2H3,(H,24,25,26,27). The first kappa shape index (κ1) is 18.7. The number of pyridine rings is 1. The molecule has 8 nitrogen and oxygen atoms in total. The van der Waals surface area contributed by atoms with Crippen molar-refractivity contribution in [1.29, 1.82) is 0 Å². The second-order valence-corrected chi connectivity index (χ2v) is 7.76. The highest BCUT2D eigenvalue weighted by Crippen LogP contribution is 2.32. The molecule has 8 heteroatoms. The predicted molar refractivity (Wildman–Crippen MR) is 119 cm³/mol. The minimum atomic E-state index is 0.358. The summed E-state index contributed by atoms with van der Waals surface area (Å²) in [6.07, 6.45) is 10.1. The van der Waals surface area contributed by atoms with Crippen LogP contribution < -0.4 is 10.2 Å². The highest BCUT2D eigenvalue weighted by molar-refractivity contribution is 6.06. The van der Waals surface area contributed by atoms with Crippen LogP contribution in [0, 0.1) is 0 Å². The average molecular weight is 403 g/mol. The van der Waals surface area contributed by atoms with E-state index in [1.54, 1.807) is 0 Å². The molecule has 0 atom stereocenters. The zero-order valence-corrected chi connectivity index (χ0v) is 17.4. The number of aromatic nitrogens is 6. The van der Waals surface area contributed by atoms with E-state index >= 15 is 0 Å². The quantitative estimate of drug-likeness (QED) is 0.509. The van der Waals surface area contributed by atoms with Gasteiger partial charge in [0.25, 0.3) is 0 Å². The van der Waals surface area contributed by atoms with Crippen LogP contribution in [0.4, 0.5) is 17.6 Å². The van der Waals surface area contributed by atoms with Gasteiger partial charge in [0.2, 0.25) is 5.95 Å². The lowest BCUT2D eigenvalue weighted by atomic mass is 10.1. The predicted octanol–water partition coefficient (Wildman–Crippen LogP) is 4.47. The molecule has 0 bridgehead atoms. The Labute approximate surface area is 175 Å². The fraction of sp³-hybridized carbons (Fsp3) is 0.409. The number of nitrogens with one attached hydrogen (secondary N) is 1. The maximum absolute atomic E-state index is 4.86. The Balaban J connectivity index is 1.51. The summed E-state index contributed by atoms with van der Waals surface area (Å²) in [4.78, 5) is 16.0. The lowest BCUT2D eigenvalue weighted by Gasteiger charge is -2.17. The fourth-order valence-corrected chi connectivity index (χ4v) is 4.37. The van der Waals surface area contributed by atoms with Gasteiger partial charge in [-0.15, -0.1) is 10.2 Å². The lowest BCUT2D eigenvalue weighted by molar-refractivity contribution is 0.495. The summed E-state index contributed by atoms with van der Waals surface area (Å²) in [6, 6.07) is 6.34. The van der Waals surface area contributed by atoms with Crippen LogP contribution in [0.1, 0.15) is 45.6 Å². The SMILES string of the molecule is CCC(CC)n1c2cnccc2c2cnc(Nc3ccc(N4CCCC4)nn3)nc21. The fourth-order valence-electron chi connectivity index (χ4n) is 4.37. The molecule has 154 valence electrons. The molecule has 1 saturated heterocycles. The molecule has 0 unspecified atom stereocenters. The number of anilines is 3. The van der Waals surface area contributed by atoms with Crippen molar-refractivity contribution in [2.24, 2.45) is 0 Å². The topological polar surface area (TPSA) is 84.7 Å². The van der Waals surface area contributed by atoms with E-state index in [9.17, 15) is 0 Å². The first-order chi connectivity index (χ1) is 14.8. The normalized spacial score (nSPS) is 14.3. The van der Waals surface area contributed by atoms with E-state index < -0.39 is 0 Å². The Morgan fingerprint density at radius 2 is 1.83 bits per heavy atom. The van der Waals surface area contributed by atoms with Gasteiger partial charge in [-0.25, -0.2) is 4.98 Å². The Hall–Kier alpha value is -3.29. The molecule has 4 aromatic heterocycles. The third-order valence-electron chi connectivity index (χ3n) is 5.97. The molecule has 0 spiro atoms. The first-order valence-electron chi connectivity index (χ1n) is 10.7. The minimum absolute atomic E-state index is 0.358. The summed E-state index contributed by atoms with van der Waals surface area (Å²) >= 11 is 0. The molecule has 1 N–H and O–H groups in total. The smallest absolute Gasteiger partial charge is 0.230 e. The lowest BCUT2D eigenvalue weighted by Crippen LogP contribution is -2.19. The van der Waals surface area contributed by atoms with Crippen molar-refractivity contribution in [2.45, 2.75) is 45.6 Å². The zero-order valence-electron chi connectivity index (χ0n) is 17.4. The summed E-state index contributed by atoms with van der Waals surface area (Å²) < 4.78 is 2.30. The summed E-state index contributed by atoms with van der Waals surface area (Å²) in [5, 5.41) is 14.1. The first-order valence-corrected chi connectivity index (χ1v) is 10.7. The number of hydrogen-bond acceptors (Lipinski definition) is 7. The van der Waals surface area contributed by atoms with Gasteiger partial charge >= 0.3 is 0 Å². The van der Waals surface area contributed by atoms with E-state index in [-0.39, 0.29) is 0 Å². The summed E-state index contributed by atoms with van der Waals surface area (Å²) in [5.41, 5.74) is 2.02. The van der Waals surface area contributed by atoms with Crippen molar-refractivity contribution in [3.8, 4) is 0 Å². The van der Waals surface area contributed by atoms with Crippen molar-refractivity contribution < 1.29 is 0 Å². The van der Waals surface area contributed by atoms with E-state index in [1.807, 2.05) is 36.8 Å². The van der Waals surface area contributed by atoms with Crippen molar-refractivity contribution in [3.63, 3.8) is 0 Å². The largest absolute Gasteiger partial charge is 0.355 e. The molecule has 1 aliphatic rings. The Morgan fingerprint density at radius 3 is 2.57 bits per heavy atom. The van der Waals surface area contributed by atoms with Gasteiger partial charge in [0.05, 0.1) is 11.7 Å². The van der Waals surface area contributed by atoms with Crippen LogP contribution in [-0.2, 0) is 0 Å². The van der Waals surface area contributed by atoms with E-state index in [4.69, 9.17) is 4.98 Å². The van der Waals surface area contributed by atoms with Crippen molar-refractivity contribution in [2.75, 3.05) is 23.3 Å². The summed E-state index contributed by atoms with van der Waals surface area (Å²) in [7, 11) is 0.